The number of benzene rings is 1. The zero-order chi connectivity index (χ0) is 15.4. The van der Waals surface area contributed by atoms with E-state index in [0.29, 0.717) is 0 Å². The van der Waals surface area contributed by atoms with E-state index in [4.69, 9.17) is 0 Å². The molecule has 0 spiro atoms. The standard InChI is InChI=1S/C15H12N2O4/c1-10-11(3-2-8-16-10)4-6-14(18)12-5-7-15(19)13(9-12)17(20)21/h2-9,19H,1H3/b6-4+. The van der Waals surface area contributed by atoms with Gasteiger partial charge in [0.2, 0.25) is 0 Å². The Morgan fingerprint density at radius 3 is 2.81 bits per heavy atom. The van der Waals surface area contributed by atoms with Crippen LogP contribution in [0.1, 0.15) is 21.6 Å². The molecule has 0 radical (unpaired) electrons. The van der Waals surface area contributed by atoms with Crippen molar-refractivity contribution in [3.8, 4) is 5.75 Å². The van der Waals surface area contributed by atoms with Crippen LogP contribution < -0.4 is 0 Å². The fourth-order valence-corrected chi connectivity index (χ4v) is 1.76. The number of aromatic nitrogens is 1. The molecule has 0 amide bonds. The lowest BCUT2D eigenvalue weighted by Gasteiger charge is -2.00. The molecule has 21 heavy (non-hydrogen) atoms. The molecule has 1 N–H and O–H groups in total. The van der Waals surface area contributed by atoms with Crippen LogP contribution in [-0.4, -0.2) is 20.8 Å². The molecule has 6 nitrogen and oxygen atoms in total. The highest BCUT2D eigenvalue weighted by Gasteiger charge is 2.15. The normalized spacial score (nSPS) is 10.7. The van der Waals surface area contributed by atoms with Gasteiger partial charge in [0.15, 0.2) is 11.5 Å². The van der Waals surface area contributed by atoms with Crippen molar-refractivity contribution in [2.75, 3.05) is 0 Å². The maximum absolute atomic E-state index is 12.0. The summed E-state index contributed by atoms with van der Waals surface area (Å²) in [7, 11) is 0. The zero-order valence-corrected chi connectivity index (χ0v) is 11.2. The number of hydrogen-bond donors (Lipinski definition) is 1. The minimum Gasteiger partial charge on any atom is -0.502 e. The Morgan fingerprint density at radius 1 is 1.38 bits per heavy atom. The minimum absolute atomic E-state index is 0.136. The van der Waals surface area contributed by atoms with Crippen LogP contribution in [0.5, 0.6) is 5.75 Å². The number of nitrogens with zero attached hydrogens (tertiary/aromatic N) is 2. The fraction of sp³-hybridized carbons (Fsp3) is 0.0667. The van der Waals surface area contributed by atoms with Crippen LogP contribution in [-0.2, 0) is 0 Å². The van der Waals surface area contributed by atoms with E-state index in [9.17, 15) is 20.0 Å². The Bertz CT molecular complexity index is 738. The number of allylic oxidation sites excluding steroid dienone is 1. The minimum atomic E-state index is -0.735. The number of hydrogen-bond acceptors (Lipinski definition) is 5. The molecule has 0 fully saturated rings. The highest BCUT2D eigenvalue weighted by Crippen LogP contribution is 2.26. The Hall–Kier alpha value is -3.02. The number of aromatic hydroxyl groups is 1. The molecule has 2 rings (SSSR count). The topological polar surface area (TPSA) is 93.3 Å². The molecule has 0 saturated carbocycles. The molecule has 0 aliphatic heterocycles. The first-order valence-electron chi connectivity index (χ1n) is 6.10. The Morgan fingerprint density at radius 2 is 2.14 bits per heavy atom. The molecule has 0 bridgehead atoms. The monoisotopic (exact) mass is 284 g/mol. The summed E-state index contributed by atoms with van der Waals surface area (Å²) in [5.41, 5.74) is 1.21. The van der Waals surface area contributed by atoms with Crippen LogP contribution in [0.15, 0.2) is 42.6 Å². The highest BCUT2D eigenvalue weighted by atomic mass is 16.6. The van der Waals surface area contributed by atoms with Crippen LogP contribution in [0.25, 0.3) is 6.08 Å². The van der Waals surface area contributed by atoms with E-state index >= 15 is 0 Å². The average Bonchev–Trinajstić information content (AvgIpc) is 2.46. The quantitative estimate of drug-likeness (QED) is 0.403. The summed E-state index contributed by atoms with van der Waals surface area (Å²) in [6, 6.07) is 7.09. The lowest BCUT2D eigenvalue weighted by molar-refractivity contribution is -0.385. The molecular formula is C15H12N2O4. The van der Waals surface area contributed by atoms with E-state index in [-0.39, 0.29) is 11.3 Å². The number of carbonyl (C=O) groups is 1. The summed E-state index contributed by atoms with van der Waals surface area (Å²) in [5, 5.41) is 20.1. The van der Waals surface area contributed by atoms with Crippen LogP contribution >= 0.6 is 0 Å². The van der Waals surface area contributed by atoms with Gasteiger partial charge in [-0.25, -0.2) is 0 Å². The van der Waals surface area contributed by atoms with Gasteiger partial charge in [-0.2, -0.15) is 0 Å². The predicted molar refractivity (Wildman–Crippen MR) is 77.1 cm³/mol. The van der Waals surface area contributed by atoms with Crippen molar-refractivity contribution in [2.45, 2.75) is 6.92 Å². The van der Waals surface area contributed by atoms with Crippen molar-refractivity contribution < 1.29 is 14.8 Å². The van der Waals surface area contributed by atoms with E-state index < -0.39 is 16.4 Å². The maximum Gasteiger partial charge on any atom is 0.311 e. The Labute approximate surface area is 120 Å². The van der Waals surface area contributed by atoms with Gasteiger partial charge in [-0.15, -0.1) is 0 Å². The SMILES string of the molecule is Cc1ncccc1/C=C/C(=O)c1ccc(O)c([N+](=O)[O-])c1. The summed E-state index contributed by atoms with van der Waals surface area (Å²) >= 11 is 0. The summed E-state index contributed by atoms with van der Waals surface area (Å²) in [4.78, 5) is 26.1. The molecule has 0 aliphatic rings. The largest absolute Gasteiger partial charge is 0.502 e. The average molecular weight is 284 g/mol. The number of pyridine rings is 1. The van der Waals surface area contributed by atoms with E-state index in [2.05, 4.69) is 4.98 Å². The molecule has 2 aromatic rings. The summed E-state index contributed by atoms with van der Waals surface area (Å²) < 4.78 is 0. The van der Waals surface area contributed by atoms with Crippen LogP contribution in [0.4, 0.5) is 5.69 Å². The van der Waals surface area contributed by atoms with Crippen molar-refractivity contribution in [1.29, 1.82) is 0 Å². The molecular weight excluding hydrogens is 272 g/mol. The van der Waals surface area contributed by atoms with E-state index in [1.807, 2.05) is 13.0 Å². The second kappa shape index (κ2) is 5.96. The second-order valence-electron chi connectivity index (χ2n) is 4.34. The molecule has 0 unspecified atom stereocenters. The molecule has 1 aromatic carbocycles. The van der Waals surface area contributed by atoms with Gasteiger partial charge in [0.05, 0.1) is 4.92 Å². The van der Waals surface area contributed by atoms with Crippen LogP contribution in [0.3, 0.4) is 0 Å². The lowest BCUT2D eigenvalue weighted by Crippen LogP contribution is -1.97. The van der Waals surface area contributed by atoms with Crippen molar-refractivity contribution >= 4 is 17.5 Å². The van der Waals surface area contributed by atoms with E-state index in [1.54, 1.807) is 18.3 Å². The maximum atomic E-state index is 12.0. The summed E-state index contributed by atoms with van der Waals surface area (Å²) in [6.07, 6.45) is 4.57. The predicted octanol–water partition coefficient (Wildman–Crippen LogP) is 2.90. The second-order valence-corrected chi connectivity index (χ2v) is 4.34. The van der Waals surface area contributed by atoms with Gasteiger partial charge < -0.3 is 5.11 Å². The summed E-state index contributed by atoms with van der Waals surface area (Å²) in [6.45, 7) is 1.82. The van der Waals surface area contributed by atoms with Crippen LogP contribution in [0.2, 0.25) is 0 Å². The molecule has 6 heteroatoms. The van der Waals surface area contributed by atoms with Gasteiger partial charge in [-0.1, -0.05) is 6.07 Å². The zero-order valence-electron chi connectivity index (χ0n) is 11.2. The number of aryl methyl sites for hydroxylation is 1. The van der Waals surface area contributed by atoms with E-state index in [0.717, 1.165) is 23.4 Å². The Balaban J connectivity index is 2.27. The van der Waals surface area contributed by atoms with E-state index in [1.165, 1.54) is 12.1 Å². The lowest BCUT2D eigenvalue weighted by atomic mass is 10.1. The van der Waals surface area contributed by atoms with Gasteiger partial charge >= 0.3 is 5.69 Å². The van der Waals surface area contributed by atoms with Gasteiger partial charge in [-0.05, 0) is 42.8 Å². The summed E-state index contributed by atoms with van der Waals surface area (Å²) in [5.74, 6) is -0.856. The van der Waals surface area contributed by atoms with Gasteiger partial charge in [0.25, 0.3) is 0 Å². The van der Waals surface area contributed by atoms with Gasteiger partial charge in [0, 0.05) is 23.5 Å². The smallest absolute Gasteiger partial charge is 0.311 e. The number of nitro groups is 1. The van der Waals surface area contributed by atoms with Gasteiger partial charge in [0.1, 0.15) is 0 Å². The fourth-order valence-electron chi connectivity index (χ4n) is 1.76. The molecule has 1 aromatic heterocycles. The molecule has 0 aliphatic carbocycles. The molecule has 106 valence electrons. The van der Waals surface area contributed by atoms with Crippen molar-refractivity contribution in [3.05, 3.63) is 69.5 Å². The number of rotatable bonds is 4. The van der Waals surface area contributed by atoms with Crippen LogP contribution in [0, 0.1) is 17.0 Å². The van der Waals surface area contributed by atoms with Crippen molar-refractivity contribution in [1.82, 2.24) is 4.98 Å². The highest BCUT2D eigenvalue weighted by molar-refractivity contribution is 6.07. The number of nitro benzene ring substituents is 1. The first kappa shape index (κ1) is 14.4. The molecule has 0 atom stereocenters. The number of phenolic OH excluding ortho intramolecular Hbond substituents is 1. The first-order valence-corrected chi connectivity index (χ1v) is 6.10. The molecule has 0 saturated heterocycles. The Kier molecular flexibility index (Phi) is 4.08. The third-order valence-corrected chi connectivity index (χ3v) is 2.92. The number of ketones is 1. The van der Waals surface area contributed by atoms with Crippen molar-refractivity contribution in [2.24, 2.45) is 0 Å². The van der Waals surface area contributed by atoms with Crippen molar-refractivity contribution in [3.63, 3.8) is 0 Å². The third-order valence-electron chi connectivity index (χ3n) is 2.92. The number of phenols is 1. The third kappa shape index (κ3) is 3.30. The number of carbonyl (C=O) groups excluding carboxylic acids is 1. The van der Waals surface area contributed by atoms with Gasteiger partial charge in [-0.3, -0.25) is 19.9 Å². The first-order chi connectivity index (χ1) is 9.99. The molecule has 1 heterocycles.